The van der Waals surface area contributed by atoms with Crippen LogP contribution in [0.5, 0.6) is 0 Å². The van der Waals surface area contributed by atoms with Crippen molar-refractivity contribution in [3.63, 3.8) is 0 Å². The first-order valence-electron chi connectivity index (χ1n) is 2.29. The highest BCUT2D eigenvalue weighted by Gasteiger charge is 1.81. The minimum atomic E-state index is 0.764. The molecule has 3 N–H and O–H groups in total. The van der Waals surface area contributed by atoms with E-state index in [4.69, 9.17) is 5.73 Å². The van der Waals surface area contributed by atoms with E-state index < -0.39 is 0 Å². The van der Waals surface area contributed by atoms with Crippen molar-refractivity contribution < 1.29 is 0 Å². The standard InChI is InChI=1S/C5H12N2/c1-4(2)5(6)7-3/h7H,6H2,1-3H3. The van der Waals surface area contributed by atoms with Crippen LogP contribution in [-0.2, 0) is 0 Å². The molecule has 2 nitrogen and oxygen atoms in total. The molecule has 0 spiro atoms. The molecule has 0 fully saturated rings. The van der Waals surface area contributed by atoms with Crippen molar-refractivity contribution in [3.8, 4) is 0 Å². The summed E-state index contributed by atoms with van der Waals surface area (Å²) in [5, 5.41) is 2.82. The highest BCUT2D eigenvalue weighted by Crippen LogP contribution is 1.87. The average Bonchev–Trinajstić information content (AvgIpc) is 1.65. The SMILES string of the molecule is CNC(N)=C(C)C. The summed E-state index contributed by atoms with van der Waals surface area (Å²) in [6, 6.07) is 0. The van der Waals surface area contributed by atoms with Crippen molar-refractivity contribution in [2.75, 3.05) is 7.05 Å². The number of nitrogens with two attached hydrogens (primary N) is 1. The lowest BCUT2D eigenvalue weighted by Crippen LogP contribution is -2.15. The lowest BCUT2D eigenvalue weighted by Gasteiger charge is -1.98. The molecule has 0 unspecified atom stereocenters. The third-order valence-electron chi connectivity index (χ3n) is 0.808. The van der Waals surface area contributed by atoms with Crippen molar-refractivity contribution in [2.24, 2.45) is 5.73 Å². The lowest BCUT2D eigenvalue weighted by atomic mass is 10.3. The topological polar surface area (TPSA) is 38.0 Å². The van der Waals surface area contributed by atoms with Crippen LogP contribution < -0.4 is 11.1 Å². The van der Waals surface area contributed by atoms with Crippen LogP contribution in [0.1, 0.15) is 13.8 Å². The Morgan fingerprint density at radius 1 is 1.43 bits per heavy atom. The Bertz CT molecular complexity index is 80.1. The van der Waals surface area contributed by atoms with Crippen molar-refractivity contribution in [2.45, 2.75) is 13.8 Å². The quantitative estimate of drug-likeness (QED) is 0.501. The number of allylic oxidation sites excluding steroid dienone is 1. The molecule has 0 aromatic rings. The summed E-state index contributed by atoms with van der Waals surface area (Å²) in [6.07, 6.45) is 0. The van der Waals surface area contributed by atoms with E-state index in [0.717, 1.165) is 11.4 Å². The summed E-state index contributed by atoms with van der Waals surface area (Å²) in [6.45, 7) is 3.93. The molecule has 0 saturated carbocycles. The lowest BCUT2D eigenvalue weighted by molar-refractivity contribution is 0.933. The van der Waals surface area contributed by atoms with Crippen LogP contribution in [0, 0.1) is 0 Å². The molecule has 0 bridgehead atoms. The highest BCUT2D eigenvalue weighted by molar-refractivity contribution is 5.01. The second-order valence-corrected chi connectivity index (χ2v) is 1.66. The summed E-state index contributed by atoms with van der Waals surface area (Å²) in [5.41, 5.74) is 6.51. The van der Waals surface area contributed by atoms with Crippen LogP contribution in [0.3, 0.4) is 0 Å². The van der Waals surface area contributed by atoms with Crippen molar-refractivity contribution in [1.29, 1.82) is 0 Å². The predicted octanol–water partition coefficient (Wildman–Crippen LogP) is 0.416. The summed E-state index contributed by atoms with van der Waals surface area (Å²) >= 11 is 0. The summed E-state index contributed by atoms with van der Waals surface area (Å²) in [5.74, 6) is 0.764. The van der Waals surface area contributed by atoms with Crippen molar-refractivity contribution in [1.82, 2.24) is 5.32 Å². The van der Waals surface area contributed by atoms with Gasteiger partial charge in [-0.3, -0.25) is 0 Å². The monoisotopic (exact) mass is 100 g/mol. The molecule has 0 aliphatic carbocycles. The van der Waals surface area contributed by atoms with Gasteiger partial charge in [-0.2, -0.15) is 0 Å². The van der Waals surface area contributed by atoms with E-state index in [1.54, 1.807) is 0 Å². The minimum Gasteiger partial charge on any atom is -0.386 e. The summed E-state index contributed by atoms with van der Waals surface area (Å²) < 4.78 is 0. The van der Waals surface area contributed by atoms with Gasteiger partial charge in [0.1, 0.15) is 0 Å². The molecule has 42 valence electrons. The van der Waals surface area contributed by atoms with E-state index in [0.29, 0.717) is 0 Å². The fourth-order valence-corrected chi connectivity index (χ4v) is 0.250. The Labute approximate surface area is 44.4 Å². The van der Waals surface area contributed by atoms with Gasteiger partial charge >= 0.3 is 0 Å². The van der Waals surface area contributed by atoms with E-state index in [-0.39, 0.29) is 0 Å². The number of rotatable bonds is 1. The molecular weight excluding hydrogens is 88.1 g/mol. The molecule has 0 aromatic heterocycles. The van der Waals surface area contributed by atoms with Gasteiger partial charge in [-0.15, -0.1) is 0 Å². The van der Waals surface area contributed by atoms with Crippen LogP contribution in [0.15, 0.2) is 11.4 Å². The molecule has 0 aromatic carbocycles. The van der Waals surface area contributed by atoms with Crippen LogP contribution in [0.2, 0.25) is 0 Å². The van der Waals surface area contributed by atoms with Crippen LogP contribution in [0.4, 0.5) is 0 Å². The first kappa shape index (κ1) is 6.34. The third-order valence-corrected chi connectivity index (χ3v) is 0.808. The molecule has 0 radical (unpaired) electrons. The van der Waals surface area contributed by atoms with Gasteiger partial charge in [-0.1, -0.05) is 0 Å². The minimum absolute atomic E-state index is 0.764. The Morgan fingerprint density at radius 2 is 1.86 bits per heavy atom. The molecule has 7 heavy (non-hydrogen) atoms. The Morgan fingerprint density at radius 3 is 1.86 bits per heavy atom. The summed E-state index contributed by atoms with van der Waals surface area (Å²) in [7, 11) is 1.81. The van der Waals surface area contributed by atoms with Gasteiger partial charge in [0, 0.05) is 7.05 Å². The van der Waals surface area contributed by atoms with E-state index in [2.05, 4.69) is 5.32 Å². The van der Waals surface area contributed by atoms with Crippen LogP contribution in [-0.4, -0.2) is 7.05 Å². The molecule has 2 heteroatoms. The van der Waals surface area contributed by atoms with Crippen LogP contribution >= 0.6 is 0 Å². The normalized spacial score (nSPS) is 7.86. The third kappa shape index (κ3) is 2.09. The maximum atomic E-state index is 5.38. The van der Waals surface area contributed by atoms with E-state index in [1.165, 1.54) is 0 Å². The maximum Gasteiger partial charge on any atom is 0.0943 e. The van der Waals surface area contributed by atoms with Crippen molar-refractivity contribution in [3.05, 3.63) is 11.4 Å². The second kappa shape index (κ2) is 2.50. The average molecular weight is 100 g/mol. The number of hydrogen-bond donors (Lipinski definition) is 2. The van der Waals surface area contributed by atoms with Gasteiger partial charge in [-0.05, 0) is 19.4 Å². The van der Waals surface area contributed by atoms with Crippen molar-refractivity contribution >= 4 is 0 Å². The van der Waals surface area contributed by atoms with Crippen LogP contribution in [0.25, 0.3) is 0 Å². The molecule has 0 saturated heterocycles. The predicted molar refractivity (Wildman–Crippen MR) is 31.6 cm³/mol. The van der Waals surface area contributed by atoms with Gasteiger partial charge < -0.3 is 11.1 Å². The first-order chi connectivity index (χ1) is 3.18. The molecular formula is C5H12N2. The Kier molecular flexibility index (Phi) is 2.27. The van der Waals surface area contributed by atoms with E-state index in [9.17, 15) is 0 Å². The Balaban J connectivity index is 3.72. The Hall–Kier alpha value is -0.660. The largest absolute Gasteiger partial charge is 0.386 e. The van der Waals surface area contributed by atoms with Gasteiger partial charge in [-0.25, -0.2) is 0 Å². The van der Waals surface area contributed by atoms with Gasteiger partial charge in [0.25, 0.3) is 0 Å². The molecule has 0 atom stereocenters. The molecule has 0 rings (SSSR count). The molecule has 0 aliphatic heterocycles. The maximum absolute atomic E-state index is 5.38. The first-order valence-corrected chi connectivity index (χ1v) is 2.29. The molecule has 0 aliphatic rings. The van der Waals surface area contributed by atoms with E-state index in [1.807, 2.05) is 20.9 Å². The summed E-state index contributed by atoms with van der Waals surface area (Å²) in [4.78, 5) is 0. The number of hydrogen-bond acceptors (Lipinski definition) is 2. The molecule has 0 amide bonds. The molecule has 0 heterocycles. The smallest absolute Gasteiger partial charge is 0.0943 e. The number of nitrogens with one attached hydrogen (secondary N) is 1. The zero-order valence-corrected chi connectivity index (χ0v) is 5.08. The zero-order chi connectivity index (χ0) is 5.86. The fourth-order valence-electron chi connectivity index (χ4n) is 0.250. The van der Waals surface area contributed by atoms with Gasteiger partial charge in [0.15, 0.2) is 0 Å². The van der Waals surface area contributed by atoms with Gasteiger partial charge in [0.05, 0.1) is 5.82 Å². The second-order valence-electron chi connectivity index (χ2n) is 1.66. The fraction of sp³-hybridized carbons (Fsp3) is 0.600. The van der Waals surface area contributed by atoms with E-state index >= 15 is 0 Å². The zero-order valence-electron chi connectivity index (χ0n) is 5.08. The van der Waals surface area contributed by atoms with Gasteiger partial charge in [0.2, 0.25) is 0 Å². The highest BCUT2D eigenvalue weighted by atomic mass is 15.0.